The maximum Gasteiger partial charge on any atom is 0.410 e. The van der Waals surface area contributed by atoms with Crippen LogP contribution in [0.1, 0.15) is 31.2 Å². The first-order chi connectivity index (χ1) is 10.7. The minimum atomic E-state index is -0.728. The molecular weight excluding hydrogens is 282 g/mol. The number of hydrogen-bond acceptors (Lipinski definition) is 3. The average Bonchev–Trinajstić information content (AvgIpc) is 2.97. The smallest absolute Gasteiger partial charge is 0.410 e. The van der Waals surface area contributed by atoms with Crippen LogP contribution in [0.15, 0.2) is 30.3 Å². The summed E-state index contributed by atoms with van der Waals surface area (Å²) in [5, 5.41) is 9.33. The first-order valence-corrected chi connectivity index (χ1v) is 7.87. The summed E-state index contributed by atoms with van der Waals surface area (Å²) in [6.07, 6.45) is 2.92. The molecular formula is C17H21NO4. The van der Waals surface area contributed by atoms with E-state index in [9.17, 15) is 14.7 Å². The molecule has 1 aliphatic carbocycles. The van der Waals surface area contributed by atoms with Gasteiger partial charge in [-0.15, -0.1) is 0 Å². The van der Waals surface area contributed by atoms with Crippen molar-refractivity contribution in [1.82, 2.24) is 4.90 Å². The second-order valence-corrected chi connectivity index (χ2v) is 6.13. The van der Waals surface area contributed by atoms with Crippen molar-refractivity contribution in [3.8, 4) is 0 Å². The third-order valence-corrected chi connectivity index (χ3v) is 4.89. The van der Waals surface area contributed by atoms with E-state index < -0.39 is 5.97 Å². The number of ether oxygens (including phenoxy) is 1. The van der Waals surface area contributed by atoms with E-state index in [0.29, 0.717) is 6.54 Å². The molecule has 1 saturated carbocycles. The van der Waals surface area contributed by atoms with Crippen LogP contribution in [0.4, 0.5) is 4.79 Å². The van der Waals surface area contributed by atoms with Crippen LogP contribution in [-0.4, -0.2) is 34.7 Å². The monoisotopic (exact) mass is 303 g/mol. The summed E-state index contributed by atoms with van der Waals surface area (Å²) >= 11 is 0. The third-order valence-electron chi connectivity index (χ3n) is 4.89. The number of amides is 1. The number of carbonyl (C=O) groups is 2. The second-order valence-electron chi connectivity index (χ2n) is 6.13. The Morgan fingerprint density at radius 1 is 1.18 bits per heavy atom. The number of carboxylic acid groups (broad SMARTS) is 1. The Labute approximate surface area is 129 Å². The molecule has 1 aliphatic heterocycles. The van der Waals surface area contributed by atoms with Crippen molar-refractivity contribution in [1.29, 1.82) is 0 Å². The summed E-state index contributed by atoms with van der Waals surface area (Å²) < 4.78 is 5.40. The minimum absolute atomic E-state index is 0.0260. The van der Waals surface area contributed by atoms with E-state index in [4.69, 9.17) is 4.74 Å². The second kappa shape index (κ2) is 6.38. The highest BCUT2D eigenvalue weighted by molar-refractivity contribution is 5.72. The van der Waals surface area contributed by atoms with Gasteiger partial charge < -0.3 is 14.7 Å². The summed E-state index contributed by atoms with van der Waals surface area (Å²) in [5.74, 6) is -0.963. The van der Waals surface area contributed by atoms with Crippen LogP contribution in [0, 0.1) is 11.8 Å². The van der Waals surface area contributed by atoms with E-state index in [0.717, 1.165) is 31.2 Å². The third kappa shape index (κ3) is 2.93. The van der Waals surface area contributed by atoms with Crippen molar-refractivity contribution < 1.29 is 19.4 Å². The van der Waals surface area contributed by atoms with Crippen molar-refractivity contribution in [3.05, 3.63) is 35.9 Å². The zero-order chi connectivity index (χ0) is 15.5. The summed E-state index contributed by atoms with van der Waals surface area (Å²) in [5.41, 5.74) is 0.957. The number of nitrogens with zero attached hydrogens (tertiary/aromatic N) is 1. The summed E-state index contributed by atoms with van der Waals surface area (Å²) in [7, 11) is 0. The lowest BCUT2D eigenvalue weighted by molar-refractivity contribution is -0.145. The molecule has 0 bridgehead atoms. The molecule has 1 N–H and O–H groups in total. The number of fused-ring (bicyclic) bond motifs is 1. The van der Waals surface area contributed by atoms with Gasteiger partial charge >= 0.3 is 12.1 Å². The van der Waals surface area contributed by atoms with E-state index in [-0.39, 0.29) is 30.6 Å². The van der Waals surface area contributed by atoms with E-state index in [1.54, 1.807) is 4.90 Å². The summed E-state index contributed by atoms with van der Waals surface area (Å²) in [6, 6.07) is 9.60. The summed E-state index contributed by atoms with van der Waals surface area (Å²) in [4.78, 5) is 25.4. The highest BCUT2D eigenvalue weighted by Crippen LogP contribution is 2.40. The predicted molar refractivity (Wildman–Crippen MR) is 80.2 cm³/mol. The van der Waals surface area contributed by atoms with E-state index in [1.165, 1.54) is 0 Å². The number of likely N-dealkylation sites (tertiary alicyclic amines) is 1. The van der Waals surface area contributed by atoms with Crippen LogP contribution >= 0.6 is 0 Å². The molecule has 2 aliphatic rings. The van der Waals surface area contributed by atoms with Gasteiger partial charge in [-0.1, -0.05) is 36.8 Å². The fraction of sp³-hybridized carbons (Fsp3) is 0.529. The van der Waals surface area contributed by atoms with Crippen LogP contribution in [0.25, 0.3) is 0 Å². The largest absolute Gasteiger partial charge is 0.481 e. The van der Waals surface area contributed by atoms with Gasteiger partial charge in [0, 0.05) is 12.6 Å². The molecule has 1 aromatic rings. The quantitative estimate of drug-likeness (QED) is 0.932. The Kier molecular flexibility index (Phi) is 4.32. The van der Waals surface area contributed by atoms with Crippen LogP contribution in [0.5, 0.6) is 0 Å². The molecule has 1 amide bonds. The molecule has 5 nitrogen and oxygen atoms in total. The van der Waals surface area contributed by atoms with E-state index >= 15 is 0 Å². The van der Waals surface area contributed by atoms with Gasteiger partial charge in [0.1, 0.15) is 6.61 Å². The lowest BCUT2D eigenvalue weighted by Crippen LogP contribution is -2.43. The molecule has 22 heavy (non-hydrogen) atoms. The van der Waals surface area contributed by atoms with Gasteiger partial charge in [-0.2, -0.15) is 0 Å². The van der Waals surface area contributed by atoms with Gasteiger partial charge in [0.15, 0.2) is 0 Å². The van der Waals surface area contributed by atoms with Gasteiger partial charge in [0.2, 0.25) is 0 Å². The number of hydrogen-bond donors (Lipinski definition) is 1. The SMILES string of the molecule is O=C(O)[C@@H]1CCC[C@@H]2[C@H]1CCN2C(=O)OCc1ccccc1. The average molecular weight is 303 g/mol. The molecule has 1 heterocycles. The number of carbonyl (C=O) groups excluding carboxylic acids is 1. The van der Waals surface area contributed by atoms with Gasteiger partial charge in [0.25, 0.3) is 0 Å². The van der Waals surface area contributed by atoms with Crippen molar-refractivity contribution in [2.75, 3.05) is 6.54 Å². The van der Waals surface area contributed by atoms with Gasteiger partial charge in [-0.25, -0.2) is 4.79 Å². The number of benzene rings is 1. The topological polar surface area (TPSA) is 66.8 Å². The Bertz CT molecular complexity index is 545. The molecule has 3 rings (SSSR count). The Morgan fingerprint density at radius 3 is 2.68 bits per heavy atom. The van der Waals surface area contributed by atoms with Crippen LogP contribution < -0.4 is 0 Å². The fourth-order valence-electron chi connectivity index (χ4n) is 3.81. The van der Waals surface area contributed by atoms with E-state index in [2.05, 4.69) is 0 Å². The lowest BCUT2D eigenvalue weighted by Gasteiger charge is -2.34. The standard InChI is InChI=1S/C17H21NO4/c19-16(20)14-7-4-8-15-13(14)9-10-18(15)17(21)22-11-12-5-2-1-3-6-12/h1-3,5-6,13-15H,4,7-11H2,(H,19,20)/t13-,14+,15+/m0/s1. The molecule has 0 aromatic heterocycles. The maximum absolute atomic E-state index is 12.3. The van der Waals surface area contributed by atoms with Crippen LogP contribution in [0.2, 0.25) is 0 Å². The maximum atomic E-state index is 12.3. The minimum Gasteiger partial charge on any atom is -0.481 e. The highest BCUT2D eigenvalue weighted by atomic mass is 16.6. The molecule has 3 atom stereocenters. The van der Waals surface area contributed by atoms with Gasteiger partial charge in [-0.3, -0.25) is 4.79 Å². The molecule has 2 fully saturated rings. The Balaban J connectivity index is 1.61. The molecule has 0 radical (unpaired) electrons. The van der Waals surface area contributed by atoms with Crippen molar-refractivity contribution in [3.63, 3.8) is 0 Å². The van der Waals surface area contributed by atoms with Gasteiger partial charge in [0.05, 0.1) is 5.92 Å². The van der Waals surface area contributed by atoms with Crippen LogP contribution in [-0.2, 0) is 16.1 Å². The molecule has 1 saturated heterocycles. The van der Waals surface area contributed by atoms with E-state index in [1.807, 2.05) is 30.3 Å². The first-order valence-electron chi connectivity index (χ1n) is 7.87. The first kappa shape index (κ1) is 14.9. The Morgan fingerprint density at radius 2 is 1.95 bits per heavy atom. The fourth-order valence-corrected chi connectivity index (χ4v) is 3.81. The predicted octanol–water partition coefficient (Wildman–Crippen LogP) is 2.90. The molecule has 5 heteroatoms. The summed E-state index contributed by atoms with van der Waals surface area (Å²) in [6.45, 7) is 0.864. The molecule has 0 spiro atoms. The molecule has 0 unspecified atom stereocenters. The number of aliphatic carboxylic acids is 1. The normalized spacial score (nSPS) is 27.3. The Hall–Kier alpha value is -2.04. The molecule has 118 valence electrons. The van der Waals surface area contributed by atoms with Crippen molar-refractivity contribution >= 4 is 12.1 Å². The lowest BCUT2D eigenvalue weighted by atomic mass is 9.76. The number of rotatable bonds is 3. The number of carboxylic acids is 1. The van der Waals surface area contributed by atoms with Gasteiger partial charge in [-0.05, 0) is 30.7 Å². The zero-order valence-electron chi connectivity index (χ0n) is 12.5. The zero-order valence-corrected chi connectivity index (χ0v) is 12.5. The highest BCUT2D eigenvalue weighted by Gasteiger charge is 2.46. The van der Waals surface area contributed by atoms with Crippen molar-refractivity contribution in [2.24, 2.45) is 11.8 Å². The van der Waals surface area contributed by atoms with Crippen LogP contribution in [0.3, 0.4) is 0 Å². The van der Waals surface area contributed by atoms with Crippen molar-refractivity contribution in [2.45, 2.75) is 38.3 Å². The molecule has 1 aromatic carbocycles.